The Morgan fingerprint density at radius 3 is 2.58 bits per heavy atom. The van der Waals surface area contributed by atoms with Crippen LogP contribution in [0.3, 0.4) is 0 Å². The van der Waals surface area contributed by atoms with E-state index in [2.05, 4.69) is 20.7 Å². The molecule has 0 fully saturated rings. The number of rotatable bonds is 4. The average molecular weight is 259 g/mol. The lowest BCUT2D eigenvalue weighted by Gasteiger charge is -2.05. The lowest BCUT2D eigenvalue weighted by atomic mass is 10.2. The van der Waals surface area contributed by atoms with Crippen molar-refractivity contribution < 1.29 is 9.59 Å². The van der Waals surface area contributed by atoms with Crippen molar-refractivity contribution >= 4 is 11.8 Å². The molecule has 2 N–H and O–H groups in total. The highest BCUT2D eigenvalue weighted by Crippen LogP contribution is 2.07. The number of aromatic nitrogens is 3. The first kappa shape index (κ1) is 12.7. The van der Waals surface area contributed by atoms with E-state index in [1.807, 2.05) is 0 Å². The number of hydrogen-bond acceptors (Lipinski definition) is 4. The zero-order valence-electron chi connectivity index (χ0n) is 10.3. The lowest BCUT2D eigenvalue weighted by Crippen LogP contribution is -2.35. The summed E-state index contributed by atoms with van der Waals surface area (Å²) in [5, 5.41) is 8.93. The van der Waals surface area contributed by atoms with Gasteiger partial charge in [0.05, 0.1) is 12.2 Å². The first-order chi connectivity index (χ1) is 9.20. The second kappa shape index (κ2) is 5.76. The maximum absolute atomic E-state index is 11.7. The molecule has 0 aliphatic rings. The number of likely N-dealkylation sites (N-methyl/N-ethyl adjacent to an activating group) is 1. The fraction of sp³-hybridized carbons (Fsp3) is 0.167. The SMILES string of the molecule is CNC(=O)CNC(=O)c1ccc(-n2cncn2)cc1. The number of amides is 2. The topological polar surface area (TPSA) is 88.9 Å². The highest BCUT2D eigenvalue weighted by Gasteiger charge is 2.07. The van der Waals surface area contributed by atoms with Crippen molar-refractivity contribution in [1.82, 2.24) is 25.4 Å². The van der Waals surface area contributed by atoms with Gasteiger partial charge < -0.3 is 10.6 Å². The van der Waals surface area contributed by atoms with Crippen molar-refractivity contribution in [3.63, 3.8) is 0 Å². The van der Waals surface area contributed by atoms with Crippen molar-refractivity contribution in [3.8, 4) is 5.69 Å². The van der Waals surface area contributed by atoms with Gasteiger partial charge in [-0.25, -0.2) is 9.67 Å². The molecule has 1 heterocycles. The number of benzene rings is 1. The minimum atomic E-state index is -0.297. The van der Waals surface area contributed by atoms with E-state index < -0.39 is 0 Å². The van der Waals surface area contributed by atoms with Gasteiger partial charge >= 0.3 is 0 Å². The van der Waals surface area contributed by atoms with Gasteiger partial charge in [0, 0.05) is 12.6 Å². The van der Waals surface area contributed by atoms with E-state index in [9.17, 15) is 9.59 Å². The largest absolute Gasteiger partial charge is 0.358 e. The van der Waals surface area contributed by atoms with Crippen LogP contribution in [0.1, 0.15) is 10.4 Å². The molecule has 2 aromatic rings. The van der Waals surface area contributed by atoms with Crippen LogP contribution in [-0.4, -0.2) is 40.2 Å². The third kappa shape index (κ3) is 3.15. The molecule has 19 heavy (non-hydrogen) atoms. The molecule has 0 saturated carbocycles. The Balaban J connectivity index is 2.02. The van der Waals surface area contributed by atoms with Crippen molar-refractivity contribution in [2.45, 2.75) is 0 Å². The smallest absolute Gasteiger partial charge is 0.251 e. The molecule has 98 valence electrons. The number of hydrogen-bond donors (Lipinski definition) is 2. The Morgan fingerprint density at radius 2 is 2.00 bits per heavy atom. The third-order valence-electron chi connectivity index (χ3n) is 2.50. The summed E-state index contributed by atoms with van der Waals surface area (Å²) in [6.07, 6.45) is 3.00. The van der Waals surface area contributed by atoms with Crippen LogP contribution in [0.2, 0.25) is 0 Å². The highest BCUT2D eigenvalue weighted by molar-refractivity contribution is 5.96. The molecule has 0 saturated heterocycles. The van der Waals surface area contributed by atoms with Crippen molar-refractivity contribution in [2.24, 2.45) is 0 Å². The van der Waals surface area contributed by atoms with Gasteiger partial charge in [0.25, 0.3) is 5.91 Å². The van der Waals surface area contributed by atoms with Crippen LogP contribution in [0.5, 0.6) is 0 Å². The maximum Gasteiger partial charge on any atom is 0.251 e. The monoisotopic (exact) mass is 259 g/mol. The second-order valence-corrected chi connectivity index (χ2v) is 3.74. The minimum absolute atomic E-state index is 0.0415. The van der Waals surface area contributed by atoms with E-state index in [4.69, 9.17) is 0 Å². The molecule has 2 amide bonds. The van der Waals surface area contributed by atoms with Crippen molar-refractivity contribution in [2.75, 3.05) is 13.6 Å². The summed E-state index contributed by atoms with van der Waals surface area (Å²) in [5.74, 6) is -0.540. The number of nitrogens with zero attached hydrogens (tertiary/aromatic N) is 3. The van der Waals surface area contributed by atoms with Crippen molar-refractivity contribution in [1.29, 1.82) is 0 Å². The molecule has 7 heteroatoms. The predicted octanol–water partition coefficient (Wildman–Crippen LogP) is -0.257. The van der Waals surface area contributed by atoms with Crippen LogP contribution in [-0.2, 0) is 4.79 Å². The summed E-state index contributed by atoms with van der Waals surface area (Å²) in [5.41, 5.74) is 1.29. The van der Waals surface area contributed by atoms with E-state index in [-0.39, 0.29) is 18.4 Å². The Morgan fingerprint density at radius 1 is 1.26 bits per heavy atom. The van der Waals surface area contributed by atoms with Crippen molar-refractivity contribution in [3.05, 3.63) is 42.5 Å². The Bertz CT molecular complexity index is 562. The summed E-state index contributed by atoms with van der Waals surface area (Å²) in [6.45, 7) is -0.0415. The van der Waals surface area contributed by atoms with Crippen LogP contribution >= 0.6 is 0 Å². The van der Waals surface area contributed by atoms with E-state index in [0.29, 0.717) is 5.56 Å². The molecule has 7 nitrogen and oxygen atoms in total. The molecular weight excluding hydrogens is 246 g/mol. The fourth-order valence-corrected chi connectivity index (χ4v) is 1.46. The molecule has 0 aliphatic heterocycles. The van der Waals surface area contributed by atoms with E-state index in [1.54, 1.807) is 35.3 Å². The van der Waals surface area contributed by atoms with E-state index in [0.717, 1.165) is 5.69 Å². The van der Waals surface area contributed by atoms with Crippen LogP contribution in [0.15, 0.2) is 36.9 Å². The third-order valence-corrected chi connectivity index (χ3v) is 2.50. The number of carbonyl (C=O) groups is 2. The van der Waals surface area contributed by atoms with Crippen LogP contribution in [0.4, 0.5) is 0 Å². The first-order valence-electron chi connectivity index (χ1n) is 5.64. The normalized spacial score (nSPS) is 9.95. The summed E-state index contributed by atoms with van der Waals surface area (Å²) in [6, 6.07) is 6.83. The minimum Gasteiger partial charge on any atom is -0.358 e. The van der Waals surface area contributed by atoms with E-state index in [1.165, 1.54) is 13.4 Å². The molecule has 1 aromatic carbocycles. The molecular formula is C12H13N5O2. The zero-order chi connectivity index (χ0) is 13.7. The van der Waals surface area contributed by atoms with Gasteiger partial charge in [0.1, 0.15) is 12.7 Å². The molecule has 0 atom stereocenters. The summed E-state index contributed by atoms with van der Waals surface area (Å²) >= 11 is 0. The van der Waals surface area contributed by atoms with Gasteiger partial charge in [-0.3, -0.25) is 9.59 Å². The molecule has 1 aromatic heterocycles. The molecule has 0 aliphatic carbocycles. The average Bonchev–Trinajstić information content (AvgIpc) is 2.98. The molecule has 0 spiro atoms. The van der Waals surface area contributed by atoms with Gasteiger partial charge in [-0.1, -0.05) is 0 Å². The zero-order valence-corrected chi connectivity index (χ0v) is 10.3. The number of carbonyl (C=O) groups excluding carboxylic acids is 2. The maximum atomic E-state index is 11.7. The Labute approximate surface area is 109 Å². The van der Waals surface area contributed by atoms with Gasteiger partial charge in [-0.05, 0) is 24.3 Å². The van der Waals surface area contributed by atoms with Gasteiger partial charge in [-0.15, -0.1) is 0 Å². The lowest BCUT2D eigenvalue weighted by molar-refractivity contribution is -0.119. The van der Waals surface area contributed by atoms with Crippen LogP contribution in [0.25, 0.3) is 5.69 Å². The number of nitrogens with one attached hydrogen (secondary N) is 2. The molecule has 0 radical (unpaired) electrons. The van der Waals surface area contributed by atoms with Gasteiger partial charge in [-0.2, -0.15) is 5.10 Å². The molecule has 0 bridgehead atoms. The molecule has 2 rings (SSSR count). The highest BCUT2D eigenvalue weighted by atomic mass is 16.2. The fourth-order valence-electron chi connectivity index (χ4n) is 1.46. The Kier molecular flexibility index (Phi) is 3.87. The second-order valence-electron chi connectivity index (χ2n) is 3.74. The Hall–Kier alpha value is -2.70. The predicted molar refractivity (Wildman–Crippen MR) is 67.8 cm³/mol. The summed E-state index contributed by atoms with van der Waals surface area (Å²) < 4.78 is 1.59. The van der Waals surface area contributed by atoms with Crippen LogP contribution in [0, 0.1) is 0 Å². The van der Waals surface area contributed by atoms with Gasteiger partial charge in [0.2, 0.25) is 5.91 Å². The standard InChI is InChI=1S/C12H13N5O2/c1-13-11(18)6-15-12(19)9-2-4-10(5-3-9)17-8-14-7-16-17/h2-5,7-8H,6H2,1H3,(H,13,18)(H,15,19). The van der Waals surface area contributed by atoms with Crippen LogP contribution < -0.4 is 10.6 Å². The van der Waals surface area contributed by atoms with Gasteiger partial charge in [0.15, 0.2) is 0 Å². The molecule has 0 unspecified atom stereocenters. The summed E-state index contributed by atoms with van der Waals surface area (Å²) in [4.78, 5) is 26.6. The summed E-state index contributed by atoms with van der Waals surface area (Å²) in [7, 11) is 1.52. The van der Waals surface area contributed by atoms with E-state index >= 15 is 0 Å². The quantitative estimate of drug-likeness (QED) is 0.792. The first-order valence-corrected chi connectivity index (χ1v) is 5.64.